The van der Waals surface area contributed by atoms with Crippen LogP contribution in [-0.4, -0.2) is 30.5 Å². The van der Waals surface area contributed by atoms with Crippen molar-refractivity contribution in [3.05, 3.63) is 35.9 Å². The monoisotopic (exact) mass is 321 g/mol. The van der Waals surface area contributed by atoms with Crippen molar-refractivity contribution in [1.82, 2.24) is 10.6 Å². The number of ether oxygens (including phenoxy) is 1. The lowest BCUT2D eigenvalue weighted by molar-refractivity contribution is -0.126. The first-order valence-electron chi connectivity index (χ1n) is 7.41. The molecule has 23 heavy (non-hydrogen) atoms. The second-order valence-corrected chi connectivity index (χ2v) is 5.57. The number of benzene rings is 1. The first kappa shape index (κ1) is 18.5. The number of nitrogens with two attached hydrogens (primary N) is 1. The van der Waals surface area contributed by atoms with Crippen molar-refractivity contribution in [2.75, 3.05) is 6.54 Å². The largest absolute Gasteiger partial charge is 0.445 e. The van der Waals surface area contributed by atoms with Gasteiger partial charge in [-0.15, -0.1) is 0 Å². The third kappa shape index (κ3) is 7.85. The van der Waals surface area contributed by atoms with Crippen molar-refractivity contribution >= 4 is 17.9 Å². The fraction of sp³-hybridized carbons (Fsp3) is 0.438. The molecule has 0 aromatic heterocycles. The molecule has 1 rings (SSSR count). The summed E-state index contributed by atoms with van der Waals surface area (Å²) in [6.07, 6.45) is -0.265. The van der Waals surface area contributed by atoms with Gasteiger partial charge in [0.15, 0.2) is 0 Å². The number of amides is 3. The SMILES string of the molecule is CC(C)CC(NC(=O)OCc1ccccc1)C(=O)NCC(N)=O. The normalized spacial score (nSPS) is 11.6. The molecule has 0 saturated carbocycles. The van der Waals surface area contributed by atoms with Crippen molar-refractivity contribution in [3.63, 3.8) is 0 Å². The van der Waals surface area contributed by atoms with E-state index in [-0.39, 0.29) is 19.1 Å². The van der Waals surface area contributed by atoms with Gasteiger partial charge in [-0.25, -0.2) is 4.79 Å². The third-order valence-electron chi connectivity index (χ3n) is 2.97. The Bertz CT molecular complexity index is 531. The molecule has 1 atom stereocenters. The van der Waals surface area contributed by atoms with E-state index < -0.39 is 23.9 Å². The van der Waals surface area contributed by atoms with Gasteiger partial charge in [0.05, 0.1) is 6.54 Å². The van der Waals surface area contributed by atoms with Gasteiger partial charge in [-0.2, -0.15) is 0 Å². The standard InChI is InChI=1S/C16H23N3O4/c1-11(2)8-13(15(21)18-9-14(17)20)19-16(22)23-10-12-6-4-3-5-7-12/h3-7,11,13H,8-10H2,1-2H3,(H2,17,20)(H,18,21)(H,19,22). The van der Waals surface area contributed by atoms with Crippen LogP contribution in [0.2, 0.25) is 0 Å². The Labute approximate surface area is 135 Å². The molecular formula is C16H23N3O4. The maximum atomic E-state index is 12.0. The number of carbonyl (C=O) groups is 3. The minimum absolute atomic E-state index is 0.115. The van der Waals surface area contributed by atoms with Crippen LogP contribution in [-0.2, 0) is 20.9 Å². The van der Waals surface area contributed by atoms with Crippen molar-refractivity contribution < 1.29 is 19.1 Å². The van der Waals surface area contributed by atoms with E-state index in [1.54, 1.807) is 0 Å². The Hall–Kier alpha value is -2.57. The molecule has 126 valence electrons. The molecule has 0 aliphatic heterocycles. The Morgan fingerprint density at radius 1 is 1.17 bits per heavy atom. The number of rotatable bonds is 8. The van der Waals surface area contributed by atoms with Gasteiger partial charge in [-0.05, 0) is 17.9 Å². The first-order chi connectivity index (χ1) is 10.9. The van der Waals surface area contributed by atoms with Crippen LogP contribution >= 0.6 is 0 Å². The van der Waals surface area contributed by atoms with Crippen LogP contribution < -0.4 is 16.4 Å². The van der Waals surface area contributed by atoms with Gasteiger partial charge in [-0.3, -0.25) is 9.59 Å². The number of hydrogen-bond donors (Lipinski definition) is 3. The van der Waals surface area contributed by atoms with E-state index in [0.717, 1.165) is 5.56 Å². The van der Waals surface area contributed by atoms with Crippen LogP contribution in [0.5, 0.6) is 0 Å². The second kappa shape index (κ2) is 9.45. The molecule has 0 saturated heterocycles. The lowest BCUT2D eigenvalue weighted by Gasteiger charge is -2.19. The number of primary amides is 1. The molecule has 3 amide bonds. The van der Waals surface area contributed by atoms with Crippen LogP contribution in [0.25, 0.3) is 0 Å². The lowest BCUT2D eigenvalue weighted by atomic mass is 10.0. The van der Waals surface area contributed by atoms with E-state index in [9.17, 15) is 14.4 Å². The molecule has 4 N–H and O–H groups in total. The quantitative estimate of drug-likeness (QED) is 0.661. The molecule has 7 nitrogen and oxygen atoms in total. The third-order valence-corrected chi connectivity index (χ3v) is 2.97. The zero-order chi connectivity index (χ0) is 17.2. The minimum Gasteiger partial charge on any atom is -0.445 e. The summed E-state index contributed by atoms with van der Waals surface area (Å²) in [5, 5.41) is 4.90. The van der Waals surface area contributed by atoms with Crippen molar-refractivity contribution in [2.24, 2.45) is 11.7 Å². The van der Waals surface area contributed by atoms with Gasteiger partial charge < -0.3 is 21.1 Å². The van der Waals surface area contributed by atoms with Crippen molar-refractivity contribution in [3.8, 4) is 0 Å². The highest BCUT2D eigenvalue weighted by molar-refractivity contribution is 5.88. The van der Waals surface area contributed by atoms with E-state index in [1.165, 1.54) is 0 Å². The highest BCUT2D eigenvalue weighted by Crippen LogP contribution is 2.06. The molecular weight excluding hydrogens is 298 g/mol. The van der Waals surface area contributed by atoms with Gasteiger partial charge in [0.1, 0.15) is 12.6 Å². The van der Waals surface area contributed by atoms with E-state index in [2.05, 4.69) is 10.6 Å². The number of alkyl carbamates (subject to hydrolysis) is 1. The zero-order valence-electron chi connectivity index (χ0n) is 13.4. The van der Waals surface area contributed by atoms with Crippen LogP contribution in [0, 0.1) is 5.92 Å². The average Bonchev–Trinajstić information content (AvgIpc) is 2.50. The van der Waals surface area contributed by atoms with Crippen molar-refractivity contribution in [1.29, 1.82) is 0 Å². The first-order valence-corrected chi connectivity index (χ1v) is 7.41. The van der Waals surface area contributed by atoms with E-state index in [1.807, 2.05) is 44.2 Å². The van der Waals surface area contributed by atoms with Crippen LogP contribution in [0.4, 0.5) is 4.79 Å². The smallest absolute Gasteiger partial charge is 0.408 e. The molecule has 1 aromatic carbocycles. The minimum atomic E-state index is -0.780. The fourth-order valence-electron chi connectivity index (χ4n) is 1.91. The maximum Gasteiger partial charge on any atom is 0.408 e. The molecule has 0 fully saturated rings. The summed E-state index contributed by atoms with van der Waals surface area (Å²) < 4.78 is 5.09. The molecule has 0 aliphatic carbocycles. The zero-order valence-corrected chi connectivity index (χ0v) is 13.4. The van der Waals surface area contributed by atoms with E-state index >= 15 is 0 Å². The topological polar surface area (TPSA) is 111 Å². The summed E-state index contributed by atoms with van der Waals surface area (Å²) in [5.74, 6) is -0.934. The molecule has 1 aromatic rings. The summed E-state index contributed by atoms with van der Waals surface area (Å²) >= 11 is 0. The lowest BCUT2D eigenvalue weighted by Crippen LogP contribution is -2.49. The van der Waals surface area contributed by atoms with Gasteiger partial charge in [-0.1, -0.05) is 44.2 Å². The Balaban J connectivity index is 2.52. The van der Waals surface area contributed by atoms with Gasteiger partial charge in [0.25, 0.3) is 0 Å². The second-order valence-electron chi connectivity index (χ2n) is 5.57. The molecule has 0 bridgehead atoms. The van der Waals surface area contributed by atoms with E-state index in [4.69, 9.17) is 10.5 Å². The predicted octanol–water partition coefficient (Wildman–Crippen LogP) is 0.929. The maximum absolute atomic E-state index is 12.0. The summed E-state index contributed by atoms with van der Waals surface area (Å²) in [5.41, 5.74) is 5.84. The highest BCUT2D eigenvalue weighted by atomic mass is 16.5. The molecule has 7 heteroatoms. The van der Waals surface area contributed by atoms with Gasteiger partial charge >= 0.3 is 6.09 Å². The average molecular weight is 321 g/mol. The number of nitrogens with one attached hydrogen (secondary N) is 2. The molecule has 1 unspecified atom stereocenters. The van der Waals surface area contributed by atoms with Crippen LogP contribution in [0.15, 0.2) is 30.3 Å². The fourth-order valence-corrected chi connectivity index (χ4v) is 1.91. The number of carbonyl (C=O) groups excluding carboxylic acids is 3. The Morgan fingerprint density at radius 2 is 1.83 bits per heavy atom. The van der Waals surface area contributed by atoms with Crippen molar-refractivity contribution in [2.45, 2.75) is 32.9 Å². The molecule has 0 radical (unpaired) electrons. The number of hydrogen-bond acceptors (Lipinski definition) is 4. The molecule has 0 aliphatic rings. The summed E-state index contributed by atoms with van der Waals surface area (Å²) in [4.78, 5) is 34.6. The summed E-state index contributed by atoms with van der Waals surface area (Å²) in [6.45, 7) is 3.69. The van der Waals surface area contributed by atoms with Gasteiger partial charge in [0, 0.05) is 0 Å². The van der Waals surface area contributed by atoms with Gasteiger partial charge in [0.2, 0.25) is 11.8 Å². The highest BCUT2D eigenvalue weighted by Gasteiger charge is 2.22. The summed E-state index contributed by atoms with van der Waals surface area (Å²) in [7, 11) is 0. The van der Waals surface area contributed by atoms with Crippen LogP contribution in [0.3, 0.4) is 0 Å². The molecule has 0 spiro atoms. The van der Waals surface area contributed by atoms with Crippen LogP contribution in [0.1, 0.15) is 25.8 Å². The molecule has 0 heterocycles. The summed E-state index contributed by atoms with van der Waals surface area (Å²) in [6, 6.07) is 8.44. The van der Waals surface area contributed by atoms with E-state index in [0.29, 0.717) is 6.42 Å². The Morgan fingerprint density at radius 3 is 2.39 bits per heavy atom. The Kier molecular flexibility index (Phi) is 7.59. The predicted molar refractivity (Wildman–Crippen MR) is 85.2 cm³/mol.